The fourth-order valence-corrected chi connectivity index (χ4v) is 12.4. The zero-order valence-corrected chi connectivity index (χ0v) is 47.6. The largest absolute Gasteiger partial charge is 0.489 e. The smallest absolute Gasteiger partial charge is 0.134 e. The second-order valence-corrected chi connectivity index (χ2v) is 22.3. The molecule has 0 spiro atoms. The maximum Gasteiger partial charge on any atom is 0.134 e. The van der Waals surface area contributed by atoms with Crippen LogP contribution < -0.4 is 28.4 Å². The fraction of sp³-hybridized carbons (Fsp3) is 0.0617. The number of fused-ring (bicyclic) bond motifs is 7. The van der Waals surface area contributed by atoms with E-state index in [4.69, 9.17) is 28.4 Å². The van der Waals surface area contributed by atoms with Crippen LogP contribution in [0.15, 0.2) is 303 Å². The molecule has 87 heavy (non-hydrogen) atoms. The lowest BCUT2D eigenvalue weighted by atomic mass is 9.68. The third-order valence-electron chi connectivity index (χ3n) is 16.6. The van der Waals surface area contributed by atoms with Gasteiger partial charge in [-0.3, -0.25) is 0 Å². The van der Waals surface area contributed by atoms with E-state index in [9.17, 15) is 0 Å². The average Bonchev–Trinajstić information content (AvgIpc) is 1.67. The minimum absolute atomic E-state index is 0.379. The van der Waals surface area contributed by atoms with Gasteiger partial charge in [0.15, 0.2) is 0 Å². The first-order valence-corrected chi connectivity index (χ1v) is 29.5. The van der Waals surface area contributed by atoms with E-state index in [-0.39, 0.29) is 0 Å². The van der Waals surface area contributed by atoms with E-state index in [1.54, 1.807) is 0 Å². The van der Waals surface area contributed by atoms with Gasteiger partial charge in [0.2, 0.25) is 0 Å². The molecule has 0 aliphatic heterocycles. The van der Waals surface area contributed by atoms with Crippen LogP contribution >= 0.6 is 0 Å². The van der Waals surface area contributed by atoms with Crippen molar-refractivity contribution in [2.45, 2.75) is 31.8 Å². The lowest BCUT2D eigenvalue weighted by molar-refractivity contribution is 0.287. The summed E-state index contributed by atoms with van der Waals surface area (Å²) in [5.74, 6) is 5.10. The summed E-state index contributed by atoms with van der Waals surface area (Å²) in [6, 6.07) is 105. The highest BCUT2D eigenvalue weighted by Gasteiger charge is 2.46. The molecular weight excluding hydrogens is 1070 g/mol. The van der Waals surface area contributed by atoms with Gasteiger partial charge in [-0.05, 0) is 147 Å². The van der Waals surface area contributed by atoms with Gasteiger partial charge in [-0.15, -0.1) is 0 Å². The van der Waals surface area contributed by atoms with E-state index < -0.39 is 5.41 Å². The number of benzene rings is 14. The highest BCUT2D eigenvalue weighted by atomic mass is 16.5. The number of ether oxygens (including phenoxy) is 6. The van der Waals surface area contributed by atoms with Gasteiger partial charge in [-0.2, -0.15) is 0 Å². The molecule has 1 aliphatic rings. The van der Waals surface area contributed by atoms with Crippen molar-refractivity contribution in [3.05, 3.63) is 348 Å². The Kier molecular flexibility index (Phi) is 14.0. The van der Waals surface area contributed by atoms with E-state index in [0.29, 0.717) is 72.4 Å². The van der Waals surface area contributed by atoms with Crippen LogP contribution in [0.3, 0.4) is 0 Å². The summed E-state index contributed by atoms with van der Waals surface area (Å²) in [5, 5.41) is 9.43. The van der Waals surface area contributed by atoms with Gasteiger partial charge in [0.25, 0.3) is 0 Å². The third-order valence-corrected chi connectivity index (χ3v) is 16.6. The van der Waals surface area contributed by atoms with Gasteiger partial charge >= 0.3 is 0 Å². The molecule has 0 radical (unpaired) electrons. The molecule has 418 valence electrons. The molecule has 14 aromatic carbocycles. The minimum atomic E-state index is -0.676. The third kappa shape index (κ3) is 10.9. The van der Waals surface area contributed by atoms with Crippen LogP contribution in [0.5, 0.6) is 46.0 Å². The van der Waals surface area contributed by atoms with Crippen molar-refractivity contribution in [3.8, 4) is 57.1 Å². The van der Waals surface area contributed by atoms with Gasteiger partial charge in [0.1, 0.15) is 72.4 Å². The maximum atomic E-state index is 6.78. The van der Waals surface area contributed by atoms with E-state index in [1.165, 1.54) is 65.3 Å². The van der Waals surface area contributed by atoms with Gasteiger partial charge in [0.05, 0.1) is 5.41 Å². The van der Waals surface area contributed by atoms with Crippen LogP contribution in [0, 0.1) is 0 Å². The molecule has 0 fully saturated rings. The molecule has 0 bridgehead atoms. The summed E-state index contributed by atoms with van der Waals surface area (Å²) in [5.41, 5.74) is 10.6. The van der Waals surface area contributed by atoms with Gasteiger partial charge in [-0.1, -0.05) is 218 Å². The molecule has 0 unspecified atom stereocenters. The predicted molar refractivity (Wildman–Crippen MR) is 350 cm³/mol. The summed E-state index contributed by atoms with van der Waals surface area (Å²) in [7, 11) is 0. The zero-order chi connectivity index (χ0) is 57.9. The van der Waals surface area contributed by atoms with Crippen LogP contribution in [0.2, 0.25) is 0 Å². The first-order valence-electron chi connectivity index (χ1n) is 29.5. The highest BCUT2D eigenvalue weighted by Crippen LogP contribution is 2.56. The lowest BCUT2D eigenvalue weighted by Gasteiger charge is -2.34. The van der Waals surface area contributed by atoms with Crippen LogP contribution in [-0.2, 0) is 31.8 Å². The molecule has 0 heterocycles. The predicted octanol–water partition coefficient (Wildman–Crippen LogP) is 20.6. The second kappa shape index (κ2) is 23.2. The Morgan fingerprint density at radius 2 is 0.471 bits per heavy atom. The normalized spacial score (nSPS) is 12.2. The van der Waals surface area contributed by atoms with Crippen molar-refractivity contribution >= 4 is 43.1 Å². The van der Waals surface area contributed by atoms with Crippen molar-refractivity contribution in [1.29, 1.82) is 0 Å². The summed E-state index contributed by atoms with van der Waals surface area (Å²) in [6.07, 6.45) is 0. The van der Waals surface area contributed by atoms with Crippen molar-refractivity contribution in [2.75, 3.05) is 0 Å². The molecule has 0 amide bonds. The number of rotatable bonds is 18. The Labute approximate surface area is 505 Å². The molecule has 1 aliphatic carbocycles. The van der Waals surface area contributed by atoms with Crippen molar-refractivity contribution in [1.82, 2.24) is 0 Å². The standard InChI is InChI=1S/C81H58O6/c1-5-17-63-41-55(25-29-59(63)13-1)51-82-71-45-72(83-52-56-26-30-60-14-2-6-18-64(60)42-56)48-75(47-71)86-69-37-33-67(34-38-69)81(79-23-11-9-21-77(79)78-22-10-12-24-80(78)81)68-35-39-70(40-36-68)87-76-49-73(84-53-57-27-31-61-15-3-7-19-65(61)43-57)46-74(50-76)85-54-58-28-32-62-16-4-8-20-66(62)44-58/h1-50H,51-54H2. The molecule has 6 heteroatoms. The van der Waals surface area contributed by atoms with E-state index in [1.807, 2.05) is 36.4 Å². The first kappa shape index (κ1) is 52.7. The van der Waals surface area contributed by atoms with Crippen molar-refractivity contribution < 1.29 is 28.4 Å². The lowest BCUT2D eigenvalue weighted by Crippen LogP contribution is -2.28. The Bertz CT molecular complexity index is 4330. The molecule has 14 aromatic rings. The highest BCUT2D eigenvalue weighted by molar-refractivity contribution is 5.88. The van der Waals surface area contributed by atoms with Crippen LogP contribution in [-0.4, -0.2) is 0 Å². The van der Waals surface area contributed by atoms with E-state index in [2.05, 4.69) is 267 Å². The fourth-order valence-electron chi connectivity index (χ4n) is 12.4. The Morgan fingerprint density at radius 3 is 0.782 bits per heavy atom. The summed E-state index contributed by atoms with van der Waals surface area (Å²) < 4.78 is 39.7. The van der Waals surface area contributed by atoms with Crippen LogP contribution in [0.4, 0.5) is 0 Å². The van der Waals surface area contributed by atoms with Gasteiger partial charge in [-0.25, -0.2) is 0 Å². The quantitative estimate of drug-likeness (QED) is 0.0853. The Morgan fingerprint density at radius 1 is 0.207 bits per heavy atom. The second-order valence-electron chi connectivity index (χ2n) is 22.3. The summed E-state index contributed by atoms with van der Waals surface area (Å²) in [6.45, 7) is 1.52. The monoisotopic (exact) mass is 1130 g/mol. The maximum absolute atomic E-state index is 6.78. The molecule has 0 aromatic heterocycles. The molecular formula is C81H58O6. The van der Waals surface area contributed by atoms with E-state index in [0.717, 1.165) is 33.4 Å². The first-order chi connectivity index (χ1) is 43.0. The minimum Gasteiger partial charge on any atom is -0.489 e. The number of hydrogen-bond donors (Lipinski definition) is 0. The topological polar surface area (TPSA) is 55.4 Å². The molecule has 0 N–H and O–H groups in total. The summed E-state index contributed by atoms with van der Waals surface area (Å²) in [4.78, 5) is 0. The molecule has 15 rings (SSSR count). The van der Waals surface area contributed by atoms with Gasteiger partial charge < -0.3 is 28.4 Å². The molecule has 6 nitrogen and oxygen atoms in total. The zero-order valence-electron chi connectivity index (χ0n) is 47.6. The van der Waals surface area contributed by atoms with E-state index >= 15 is 0 Å². The van der Waals surface area contributed by atoms with Crippen LogP contribution in [0.25, 0.3) is 54.2 Å². The van der Waals surface area contributed by atoms with Gasteiger partial charge in [0, 0.05) is 36.4 Å². The Balaban J connectivity index is 0.727. The molecule has 0 saturated heterocycles. The molecule has 0 atom stereocenters. The SMILES string of the molecule is c1ccc2c(c1)-c1ccccc1C2(c1ccc(Oc2cc(OCc3ccc4ccccc4c3)cc(OCc3ccc4ccccc4c3)c2)cc1)c1ccc(Oc2cc(OCc3ccc4ccccc4c3)cc(OCc3ccc4ccccc4c3)c2)cc1. The van der Waals surface area contributed by atoms with Crippen molar-refractivity contribution in [3.63, 3.8) is 0 Å². The number of hydrogen-bond acceptors (Lipinski definition) is 6. The average molecular weight is 1130 g/mol. The Hall–Kier alpha value is -11.1. The van der Waals surface area contributed by atoms with Crippen LogP contribution in [0.1, 0.15) is 44.5 Å². The summed E-state index contributed by atoms with van der Waals surface area (Å²) >= 11 is 0. The molecule has 0 saturated carbocycles. The van der Waals surface area contributed by atoms with Crippen molar-refractivity contribution in [2.24, 2.45) is 0 Å².